The van der Waals surface area contributed by atoms with Crippen molar-refractivity contribution in [2.75, 3.05) is 39.0 Å². The Labute approximate surface area is 133 Å². The Bertz CT molecular complexity index is 542. The number of carbonyl (C=O) groups excluding carboxylic acids is 2. The summed E-state index contributed by atoms with van der Waals surface area (Å²) >= 11 is 0. The first-order valence-corrected chi connectivity index (χ1v) is 6.97. The molecule has 5 nitrogen and oxygen atoms in total. The Kier molecular flexibility index (Phi) is 6.56. The lowest BCUT2D eigenvalue weighted by Crippen LogP contribution is -2.40. The van der Waals surface area contributed by atoms with Crippen LogP contribution in [-0.2, 0) is 15.8 Å². The Morgan fingerprint density at radius 2 is 1.65 bits per heavy atom. The van der Waals surface area contributed by atoms with Crippen LogP contribution in [0.3, 0.4) is 0 Å². The molecule has 1 N–H and O–H groups in total. The third-order valence-corrected chi connectivity index (χ3v) is 3.09. The Hall–Kier alpha value is -2.09. The molecule has 0 bridgehead atoms. The number of benzene rings is 1. The van der Waals surface area contributed by atoms with E-state index in [0.29, 0.717) is 13.1 Å². The predicted octanol–water partition coefficient (Wildman–Crippen LogP) is 2.05. The summed E-state index contributed by atoms with van der Waals surface area (Å²) in [4.78, 5) is 26.7. The second kappa shape index (κ2) is 7.96. The maximum atomic E-state index is 12.5. The molecule has 1 aromatic carbocycles. The quantitative estimate of drug-likeness (QED) is 0.868. The van der Waals surface area contributed by atoms with Gasteiger partial charge in [0.1, 0.15) is 0 Å². The number of likely N-dealkylation sites (N-methyl/N-ethyl adjacent to an activating group) is 1. The van der Waals surface area contributed by atoms with E-state index in [1.54, 1.807) is 0 Å². The van der Waals surface area contributed by atoms with Gasteiger partial charge in [0.25, 0.3) is 0 Å². The van der Waals surface area contributed by atoms with Gasteiger partial charge in [0.05, 0.1) is 12.1 Å². The molecule has 128 valence electrons. The number of nitrogens with zero attached hydrogens (tertiary/aromatic N) is 2. The zero-order valence-electron chi connectivity index (χ0n) is 13.3. The molecule has 8 heteroatoms. The molecule has 1 rings (SSSR count). The molecule has 1 aromatic rings. The highest BCUT2D eigenvalue weighted by Gasteiger charge is 2.30. The van der Waals surface area contributed by atoms with Crippen LogP contribution in [0.2, 0.25) is 0 Å². The van der Waals surface area contributed by atoms with Crippen LogP contribution in [0, 0.1) is 0 Å². The zero-order valence-corrected chi connectivity index (χ0v) is 13.3. The summed E-state index contributed by atoms with van der Waals surface area (Å²) in [5.74, 6) is -0.701. The van der Waals surface area contributed by atoms with Gasteiger partial charge < -0.3 is 15.1 Å². The van der Waals surface area contributed by atoms with Crippen molar-refractivity contribution in [1.29, 1.82) is 0 Å². The maximum Gasteiger partial charge on any atom is 0.416 e. The number of hydrogen-bond acceptors (Lipinski definition) is 3. The molecule has 0 saturated carbocycles. The molecule has 0 aromatic heterocycles. The van der Waals surface area contributed by atoms with E-state index in [-0.39, 0.29) is 18.1 Å². The van der Waals surface area contributed by atoms with Crippen molar-refractivity contribution in [1.82, 2.24) is 9.80 Å². The first kappa shape index (κ1) is 19.0. The fourth-order valence-corrected chi connectivity index (χ4v) is 1.78. The molecule has 2 amide bonds. The van der Waals surface area contributed by atoms with E-state index in [0.717, 1.165) is 12.1 Å². The molecule has 0 atom stereocenters. The molecule has 23 heavy (non-hydrogen) atoms. The number of hydrogen-bond donors (Lipinski definition) is 1. The summed E-state index contributed by atoms with van der Waals surface area (Å²) in [6, 6.07) is 4.14. The molecule has 0 saturated heterocycles. The topological polar surface area (TPSA) is 52.7 Å². The van der Waals surface area contributed by atoms with E-state index < -0.39 is 17.6 Å². The summed E-state index contributed by atoms with van der Waals surface area (Å²) in [6.45, 7) is 2.21. The number of alkyl halides is 3. The Balaban J connectivity index is 2.62. The Morgan fingerprint density at radius 3 is 2.09 bits per heavy atom. The van der Waals surface area contributed by atoms with Crippen molar-refractivity contribution in [3.05, 3.63) is 29.8 Å². The van der Waals surface area contributed by atoms with Crippen LogP contribution in [0.5, 0.6) is 0 Å². The standard InChI is InChI=1S/C15H20F3N3O2/c1-11(22)21(9-8-20(2)3)10-14(23)19-13-6-4-12(5-7-13)15(16,17)18/h4-7H,8-10H2,1-3H3,(H,19,23). The summed E-state index contributed by atoms with van der Waals surface area (Å²) in [5.41, 5.74) is -0.536. The van der Waals surface area contributed by atoms with E-state index in [1.165, 1.54) is 24.0 Å². The first-order valence-electron chi connectivity index (χ1n) is 6.97. The van der Waals surface area contributed by atoms with Crippen molar-refractivity contribution in [3.8, 4) is 0 Å². The van der Waals surface area contributed by atoms with Gasteiger partial charge in [0.2, 0.25) is 11.8 Å². The highest BCUT2D eigenvalue weighted by Crippen LogP contribution is 2.29. The van der Waals surface area contributed by atoms with E-state index in [1.807, 2.05) is 19.0 Å². The second-order valence-electron chi connectivity index (χ2n) is 5.37. The smallest absolute Gasteiger partial charge is 0.332 e. The summed E-state index contributed by atoms with van der Waals surface area (Å²) < 4.78 is 37.4. The minimum Gasteiger partial charge on any atom is -0.332 e. The van der Waals surface area contributed by atoms with Crippen molar-refractivity contribution >= 4 is 17.5 Å². The van der Waals surface area contributed by atoms with Crippen molar-refractivity contribution in [2.24, 2.45) is 0 Å². The van der Waals surface area contributed by atoms with Crippen LogP contribution in [0.4, 0.5) is 18.9 Å². The van der Waals surface area contributed by atoms with Crippen LogP contribution >= 0.6 is 0 Å². The lowest BCUT2D eigenvalue weighted by atomic mass is 10.2. The van der Waals surface area contributed by atoms with Gasteiger partial charge >= 0.3 is 6.18 Å². The molecular weight excluding hydrogens is 311 g/mol. The fraction of sp³-hybridized carbons (Fsp3) is 0.467. The molecular formula is C15H20F3N3O2. The summed E-state index contributed by atoms with van der Waals surface area (Å²) in [7, 11) is 3.70. The fourth-order valence-electron chi connectivity index (χ4n) is 1.78. The number of anilines is 1. The number of rotatable bonds is 6. The van der Waals surface area contributed by atoms with E-state index in [2.05, 4.69) is 5.32 Å². The highest BCUT2D eigenvalue weighted by molar-refractivity contribution is 5.94. The zero-order chi connectivity index (χ0) is 17.6. The Morgan fingerprint density at radius 1 is 1.09 bits per heavy atom. The minimum atomic E-state index is -4.42. The van der Waals surface area contributed by atoms with Gasteiger partial charge in [-0.3, -0.25) is 9.59 Å². The van der Waals surface area contributed by atoms with Gasteiger partial charge in [0.15, 0.2) is 0 Å². The lowest BCUT2D eigenvalue weighted by molar-refractivity contribution is -0.137. The second-order valence-corrected chi connectivity index (χ2v) is 5.37. The molecule has 0 heterocycles. The van der Waals surface area contributed by atoms with Gasteiger partial charge in [-0.25, -0.2) is 0 Å². The summed E-state index contributed by atoms with van der Waals surface area (Å²) in [5, 5.41) is 2.48. The molecule has 0 unspecified atom stereocenters. The van der Waals surface area contributed by atoms with Crippen molar-refractivity contribution in [3.63, 3.8) is 0 Å². The van der Waals surface area contributed by atoms with Gasteiger partial charge in [-0.05, 0) is 38.4 Å². The van der Waals surface area contributed by atoms with Gasteiger partial charge in [-0.15, -0.1) is 0 Å². The maximum absolute atomic E-state index is 12.5. The predicted molar refractivity (Wildman–Crippen MR) is 80.9 cm³/mol. The van der Waals surface area contributed by atoms with Crippen LogP contribution < -0.4 is 5.32 Å². The monoisotopic (exact) mass is 331 g/mol. The molecule has 0 aliphatic heterocycles. The number of halogens is 3. The largest absolute Gasteiger partial charge is 0.416 e. The van der Waals surface area contributed by atoms with Crippen LogP contribution in [0.15, 0.2) is 24.3 Å². The molecule has 0 fully saturated rings. The third kappa shape index (κ3) is 6.68. The number of amides is 2. The first-order chi connectivity index (χ1) is 10.6. The van der Waals surface area contributed by atoms with E-state index >= 15 is 0 Å². The summed E-state index contributed by atoms with van der Waals surface area (Å²) in [6.07, 6.45) is -4.42. The van der Waals surface area contributed by atoms with Crippen LogP contribution in [-0.4, -0.2) is 55.3 Å². The average Bonchev–Trinajstić information content (AvgIpc) is 2.42. The molecule has 0 aliphatic rings. The van der Waals surface area contributed by atoms with E-state index in [4.69, 9.17) is 0 Å². The van der Waals surface area contributed by atoms with Crippen molar-refractivity contribution < 1.29 is 22.8 Å². The van der Waals surface area contributed by atoms with Crippen LogP contribution in [0.1, 0.15) is 12.5 Å². The highest BCUT2D eigenvalue weighted by atomic mass is 19.4. The molecule has 0 radical (unpaired) electrons. The lowest BCUT2D eigenvalue weighted by Gasteiger charge is -2.22. The molecule has 0 spiro atoms. The van der Waals surface area contributed by atoms with Crippen LogP contribution in [0.25, 0.3) is 0 Å². The van der Waals surface area contributed by atoms with Gasteiger partial charge in [-0.1, -0.05) is 0 Å². The van der Waals surface area contributed by atoms with E-state index in [9.17, 15) is 22.8 Å². The van der Waals surface area contributed by atoms with Crippen molar-refractivity contribution in [2.45, 2.75) is 13.1 Å². The van der Waals surface area contributed by atoms with Gasteiger partial charge in [-0.2, -0.15) is 13.2 Å². The molecule has 0 aliphatic carbocycles. The minimum absolute atomic E-state index is 0.149. The normalized spacial score (nSPS) is 11.4. The average molecular weight is 331 g/mol. The third-order valence-electron chi connectivity index (χ3n) is 3.09. The number of carbonyl (C=O) groups is 2. The number of nitrogens with one attached hydrogen (secondary N) is 1. The van der Waals surface area contributed by atoms with Gasteiger partial charge in [0, 0.05) is 25.7 Å². The SMILES string of the molecule is CC(=O)N(CCN(C)C)CC(=O)Nc1ccc(C(F)(F)F)cc1.